The number of benzene rings is 1. The molecular weight excluding hydrogens is 296 g/mol. The maximum atomic E-state index is 5.69. The molecule has 1 unspecified atom stereocenters. The highest BCUT2D eigenvalue weighted by atomic mass is 79.9. The van der Waals surface area contributed by atoms with Crippen LogP contribution < -0.4 is 10.6 Å². The molecule has 0 saturated carbocycles. The van der Waals surface area contributed by atoms with E-state index in [1.165, 1.54) is 29.2 Å². The van der Waals surface area contributed by atoms with Crippen LogP contribution in [0.15, 0.2) is 22.7 Å². The number of hydrogen-bond acceptors (Lipinski definition) is 3. The molecule has 1 fully saturated rings. The molecule has 0 aliphatic carbocycles. The van der Waals surface area contributed by atoms with Crippen LogP contribution in [0.4, 0.5) is 5.69 Å². The predicted octanol–water partition coefficient (Wildman–Crippen LogP) is 2.89. The average Bonchev–Trinajstić information content (AvgIpc) is 2.84. The van der Waals surface area contributed by atoms with Crippen LogP contribution in [0.3, 0.4) is 0 Å². The van der Waals surface area contributed by atoms with Crippen LogP contribution in [0.2, 0.25) is 0 Å². The number of halogens is 1. The smallest absolute Gasteiger partial charge is 0.0410 e. The summed E-state index contributed by atoms with van der Waals surface area (Å²) in [5.74, 6) is 2.53. The number of nitrogens with two attached hydrogens (primary N) is 1. The Kier molecular flexibility index (Phi) is 4.77. The summed E-state index contributed by atoms with van der Waals surface area (Å²) in [5.41, 5.74) is 8.37. The van der Waals surface area contributed by atoms with Gasteiger partial charge in [-0.2, -0.15) is 11.8 Å². The van der Waals surface area contributed by atoms with E-state index in [0.717, 1.165) is 10.9 Å². The Morgan fingerprint density at radius 1 is 1.53 bits per heavy atom. The maximum Gasteiger partial charge on any atom is 0.0410 e. The van der Waals surface area contributed by atoms with Crippen molar-refractivity contribution in [3.63, 3.8) is 0 Å². The van der Waals surface area contributed by atoms with Crippen LogP contribution in [-0.2, 0) is 6.42 Å². The van der Waals surface area contributed by atoms with Crippen molar-refractivity contribution in [1.82, 2.24) is 0 Å². The highest BCUT2D eigenvalue weighted by molar-refractivity contribution is 9.10. The molecule has 0 bridgehead atoms. The molecule has 2 N–H and O–H groups in total. The van der Waals surface area contributed by atoms with Gasteiger partial charge in [-0.25, -0.2) is 0 Å². The van der Waals surface area contributed by atoms with Gasteiger partial charge in [-0.05, 0) is 42.8 Å². The first kappa shape index (κ1) is 13.2. The molecule has 1 saturated heterocycles. The molecule has 2 rings (SSSR count). The Labute approximate surface area is 116 Å². The van der Waals surface area contributed by atoms with E-state index in [4.69, 9.17) is 5.73 Å². The normalized spacial score (nSPS) is 19.6. The van der Waals surface area contributed by atoms with E-state index < -0.39 is 0 Å². The Morgan fingerprint density at radius 3 is 3.00 bits per heavy atom. The van der Waals surface area contributed by atoms with Crippen LogP contribution in [0, 0.1) is 0 Å². The second-order valence-electron chi connectivity index (χ2n) is 4.44. The van der Waals surface area contributed by atoms with Crippen molar-refractivity contribution in [2.75, 3.05) is 30.0 Å². The van der Waals surface area contributed by atoms with Crippen molar-refractivity contribution in [2.24, 2.45) is 5.73 Å². The van der Waals surface area contributed by atoms with Crippen LogP contribution in [-0.4, -0.2) is 31.1 Å². The fraction of sp³-hybridized carbons (Fsp3) is 0.538. The zero-order valence-electron chi connectivity index (χ0n) is 10.2. The van der Waals surface area contributed by atoms with Crippen molar-refractivity contribution < 1.29 is 0 Å². The summed E-state index contributed by atoms with van der Waals surface area (Å²) in [6, 6.07) is 7.18. The van der Waals surface area contributed by atoms with Gasteiger partial charge in [0, 0.05) is 29.0 Å². The number of rotatable bonds is 4. The van der Waals surface area contributed by atoms with Crippen LogP contribution in [0.1, 0.15) is 12.0 Å². The minimum absolute atomic E-state index is 0.672. The fourth-order valence-corrected chi connectivity index (χ4v) is 3.87. The van der Waals surface area contributed by atoms with E-state index in [9.17, 15) is 0 Å². The molecule has 1 aromatic carbocycles. The third-order valence-corrected chi connectivity index (χ3v) is 4.93. The monoisotopic (exact) mass is 314 g/mol. The van der Waals surface area contributed by atoms with E-state index >= 15 is 0 Å². The standard InChI is InChI=1S/C13H19BrN2S/c1-16(12-5-7-17-9-12)13-8-11(14)3-2-10(13)4-6-15/h2-3,8,12H,4-7,9,15H2,1H3. The quantitative estimate of drug-likeness (QED) is 0.926. The van der Waals surface area contributed by atoms with Gasteiger partial charge in [-0.3, -0.25) is 0 Å². The molecule has 0 spiro atoms. The number of thioether (sulfide) groups is 1. The second-order valence-corrected chi connectivity index (χ2v) is 6.51. The summed E-state index contributed by atoms with van der Waals surface area (Å²) < 4.78 is 1.14. The summed E-state index contributed by atoms with van der Waals surface area (Å²) in [5, 5.41) is 0. The van der Waals surface area contributed by atoms with Crippen LogP contribution in [0.25, 0.3) is 0 Å². The molecule has 0 amide bonds. The van der Waals surface area contributed by atoms with Gasteiger partial charge in [-0.1, -0.05) is 22.0 Å². The van der Waals surface area contributed by atoms with Gasteiger partial charge >= 0.3 is 0 Å². The Hall–Kier alpha value is -0.190. The molecule has 1 heterocycles. The average molecular weight is 315 g/mol. The first-order chi connectivity index (χ1) is 8.22. The van der Waals surface area contributed by atoms with E-state index in [1.807, 2.05) is 0 Å². The number of anilines is 1. The lowest BCUT2D eigenvalue weighted by Crippen LogP contribution is -2.32. The number of hydrogen-bond donors (Lipinski definition) is 1. The molecular formula is C13H19BrN2S. The van der Waals surface area contributed by atoms with Crippen molar-refractivity contribution >= 4 is 33.4 Å². The molecule has 0 radical (unpaired) electrons. The molecule has 2 nitrogen and oxygen atoms in total. The zero-order valence-corrected chi connectivity index (χ0v) is 12.6. The van der Waals surface area contributed by atoms with Gasteiger partial charge < -0.3 is 10.6 Å². The van der Waals surface area contributed by atoms with Crippen molar-refractivity contribution in [2.45, 2.75) is 18.9 Å². The third-order valence-electron chi connectivity index (χ3n) is 3.29. The summed E-state index contributed by atoms with van der Waals surface area (Å²) in [4.78, 5) is 2.43. The largest absolute Gasteiger partial charge is 0.370 e. The second kappa shape index (κ2) is 6.12. The first-order valence-electron chi connectivity index (χ1n) is 6.01. The highest BCUT2D eigenvalue weighted by Gasteiger charge is 2.21. The molecule has 4 heteroatoms. The lowest BCUT2D eigenvalue weighted by atomic mass is 10.1. The van der Waals surface area contributed by atoms with Crippen LogP contribution >= 0.6 is 27.7 Å². The van der Waals surface area contributed by atoms with E-state index in [1.54, 1.807) is 0 Å². The maximum absolute atomic E-state index is 5.69. The molecule has 1 aliphatic rings. The Balaban J connectivity index is 2.24. The van der Waals surface area contributed by atoms with Crippen molar-refractivity contribution in [3.05, 3.63) is 28.2 Å². The van der Waals surface area contributed by atoms with Gasteiger partial charge in [0.15, 0.2) is 0 Å². The van der Waals surface area contributed by atoms with Gasteiger partial charge in [0.1, 0.15) is 0 Å². The SMILES string of the molecule is CN(c1cc(Br)ccc1CCN)C1CCSC1. The summed E-state index contributed by atoms with van der Waals surface area (Å²) >= 11 is 5.61. The molecule has 17 heavy (non-hydrogen) atoms. The van der Waals surface area contributed by atoms with Crippen molar-refractivity contribution in [1.29, 1.82) is 0 Å². The van der Waals surface area contributed by atoms with Gasteiger partial charge in [-0.15, -0.1) is 0 Å². The number of nitrogens with zero attached hydrogens (tertiary/aromatic N) is 1. The fourth-order valence-electron chi connectivity index (χ4n) is 2.26. The lowest BCUT2D eigenvalue weighted by molar-refractivity contribution is 0.696. The summed E-state index contributed by atoms with van der Waals surface area (Å²) in [6.45, 7) is 0.710. The van der Waals surface area contributed by atoms with E-state index in [0.29, 0.717) is 12.6 Å². The molecule has 94 valence electrons. The minimum Gasteiger partial charge on any atom is -0.370 e. The third kappa shape index (κ3) is 3.18. The lowest BCUT2D eigenvalue weighted by Gasteiger charge is -2.28. The highest BCUT2D eigenvalue weighted by Crippen LogP contribution is 2.30. The molecule has 0 aromatic heterocycles. The summed E-state index contributed by atoms with van der Waals surface area (Å²) in [7, 11) is 2.21. The van der Waals surface area contributed by atoms with E-state index in [2.05, 4.69) is 57.8 Å². The van der Waals surface area contributed by atoms with E-state index in [-0.39, 0.29) is 0 Å². The predicted molar refractivity (Wildman–Crippen MR) is 81.0 cm³/mol. The summed E-state index contributed by atoms with van der Waals surface area (Å²) in [6.07, 6.45) is 2.24. The van der Waals surface area contributed by atoms with Gasteiger partial charge in [0.05, 0.1) is 0 Å². The molecule has 1 aromatic rings. The van der Waals surface area contributed by atoms with Gasteiger partial charge in [0.2, 0.25) is 0 Å². The Morgan fingerprint density at radius 2 is 2.35 bits per heavy atom. The molecule has 1 aliphatic heterocycles. The Bertz CT molecular complexity index is 378. The topological polar surface area (TPSA) is 29.3 Å². The van der Waals surface area contributed by atoms with Crippen LogP contribution in [0.5, 0.6) is 0 Å². The minimum atomic E-state index is 0.672. The van der Waals surface area contributed by atoms with Gasteiger partial charge in [0.25, 0.3) is 0 Å². The van der Waals surface area contributed by atoms with Crippen molar-refractivity contribution in [3.8, 4) is 0 Å². The zero-order chi connectivity index (χ0) is 12.3. The first-order valence-corrected chi connectivity index (χ1v) is 7.96. The molecule has 1 atom stereocenters.